The summed E-state index contributed by atoms with van der Waals surface area (Å²) in [4.78, 5) is 12.6. The number of nitrogens with one attached hydrogen (secondary N) is 1. The van der Waals surface area contributed by atoms with E-state index in [9.17, 15) is 4.79 Å². The molecule has 0 unspecified atom stereocenters. The number of nitrogens with zero attached hydrogens (tertiary/aromatic N) is 3. The quantitative estimate of drug-likeness (QED) is 0.629. The van der Waals surface area contributed by atoms with E-state index in [-0.39, 0.29) is 5.91 Å². The number of carbonyl (C=O) groups is 1. The molecule has 3 rings (SSSR count). The van der Waals surface area contributed by atoms with Crippen molar-refractivity contribution in [2.24, 2.45) is 0 Å². The molecule has 1 N–H and O–H groups in total. The Hall–Kier alpha value is -3.00. The van der Waals surface area contributed by atoms with E-state index in [1.54, 1.807) is 37.2 Å². The first-order valence-corrected chi connectivity index (χ1v) is 9.16. The summed E-state index contributed by atoms with van der Waals surface area (Å²) in [5.74, 6) is 1.16. The fourth-order valence-corrected chi connectivity index (χ4v) is 3.33. The normalized spacial score (nSPS) is 11.7. The lowest BCUT2D eigenvalue weighted by atomic mass is 10.3. The van der Waals surface area contributed by atoms with Crippen LogP contribution in [-0.2, 0) is 4.79 Å². The number of anilines is 1. The fourth-order valence-electron chi connectivity index (χ4n) is 2.49. The molecule has 1 atom stereocenters. The highest BCUT2D eigenvalue weighted by Crippen LogP contribution is 2.30. The van der Waals surface area contributed by atoms with Crippen LogP contribution in [-0.4, -0.2) is 40.1 Å². The first kappa shape index (κ1) is 18.8. The zero-order chi connectivity index (χ0) is 19.2. The van der Waals surface area contributed by atoms with E-state index < -0.39 is 5.25 Å². The van der Waals surface area contributed by atoms with Crippen LogP contribution in [0.3, 0.4) is 0 Å². The fraction of sp³-hybridized carbons (Fsp3) is 0.211. The Balaban J connectivity index is 1.76. The van der Waals surface area contributed by atoms with Gasteiger partial charge in [0, 0.05) is 0 Å². The van der Waals surface area contributed by atoms with Gasteiger partial charge in [-0.25, -0.2) is 0 Å². The van der Waals surface area contributed by atoms with Crippen LogP contribution in [0.2, 0.25) is 0 Å². The highest BCUT2D eigenvalue weighted by Gasteiger charge is 2.20. The molecule has 0 aliphatic rings. The molecule has 2 aromatic carbocycles. The third-order valence-electron chi connectivity index (χ3n) is 3.88. The maximum absolute atomic E-state index is 12.6. The summed E-state index contributed by atoms with van der Waals surface area (Å²) in [5, 5.41) is 11.2. The number of benzene rings is 2. The molecule has 1 amide bonds. The van der Waals surface area contributed by atoms with Gasteiger partial charge >= 0.3 is 0 Å². The Bertz CT molecular complexity index is 929. The van der Waals surface area contributed by atoms with Gasteiger partial charge in [-0.15, -0.1) is 10.2 Å². The molecule has 0 saturated heterocycles. The van der Waals surface area contributed by atoms with Crippen LogP contribution in [0.25, 0.3) is 5.69 Å². The van der Waals surface area contributed by atoms with Crippen LogP contribution in [0.5, 0.6) is 11.5 Å². The zero-order valence-electron chi connectivity index (χ0n) is 15.2. The number of amides is 1. The molecule has 27 heavy (non-hydrogen) atoms. The van der Waals surface area contributed by atoms with Crippen molar-refractivity contribution >= 4 is 23.4 Å². The highest BCUT2D eigenvalue weighted by molar-refractivity contribution is 8.00. The maximum Gasteiger partial charge on any atom is 0.237 e. The monoisotopic (exact) mass is 384 g/mol. The van der Waals surface area contributed by atoms with E-state index in [1.807, 2.05) is 43.3 Å². The Kier molecular flexibility index (Phi) is 5.97. The van der Waals surface area contributed by atoms with Crippen molar-refractivity contribution in [3.8, 4) is 17.2 Å². The summed E-state index contributed by atoms with van der Waals surface area (Å²) in [7, 11) is 3.18. The van der Waals surface area contributed by atoms with Crippen LogP contribution >= 0.6 is 11.8 Å². The molecule has 0 bridgehead atoms. The smallest absolute Gasteiger partial charge is 0.237 e. The molecule has 0 spiro atoms. The van der Waals surface area contributed by atoms with Crippen LogP contribution in [0.15, 0.2) is 60.0 Å². The number of para-hydroxylation sites is 4. The van der Waals surface area contributed by atoms with Crippen LogP contribution in [0.4, 0.5) is 5.69 Å². The predicted octanol–water partition coefficient (Wildman–Crippen LogP) is 3.40. The third-order valence-corrected chi connectivity index (χ3v) is 4.93. The topological polar surface area (TPSA) is 78.3 Å². The van der Waals surface area contributed by atoms with Crippen molar-refractivity contribution in [2.45, 2.75) is 17.3 Å². The summed E-state index contributed by atoms with van der Waals surface area (Å²) in [6.45, 7) is 1.82. The molecule has 7 nitrogen and oxygen atoms in total. The average molecular weight is 384 g/mol. The van der Waals surface area contributed by atoms with E-state index >= 15 is 0 Å². The summed E-state index contributed by atoms with van der Waals surface area (Å²) in [6.07, 6.45) is 1.60. The van der Waals surface area contributed by atoms with Crippen molar-refractivity contribution in [1.82, 2.24) is 14.8 Å². The second-order valence-corrected chi connectivity index (χ2v) is 6.91. The molecule has 0 aliphatic heterocycles. The number of carbonyl (C=O) groups excluding carboxylic acids is 1. The number of thioether (sulfide) groups is 1. The number of rotatable bonds is 7. The van der Waals surface area contributed by atoms with Gasteiger partial charge in [0.2, 0.25) is 5.91 Å². The van der Waals surface area contributed by atoms with Gasteiger partial charge < -0.3 is 14.8 Å². The highest BCUT2D eigenvalue weighted by atomic mass is 32.2. The summed E-state index contributed by atoms with van der Waals surface area (Å²) >= 11 is 1.31. The first-order chi connectivity index (χ1) is 13.1. The summed E-state index contributed by atoms with van der Waals surface area (Å²) < 4.78 is 12.5. The van der Waals surface area contributed by atoms with Gasteiger partial charge in [0.25, 0.3) is 0 Å². The van der Waals surface area contributed by atoms with Crippen molar-refractivity contribution in [3.05, 3.63) is 54.9 Å². The van der Waals surface area contributed by atoms with Gasteiger partial charge in [0.15, 0.2) is 5.16 Å². The lowest BCUT2D eigenvalue weighted by Gasteiger charge is -2.15. The molecule has 1 heterocycles. The van der Waals surface area contributed by atoms with Gasteiger partial charge in [-0.05, 0) is 31.2 Å². The Labute approximate surface area is 161 Å². The predicted molar refractivity (Wildman–Crippen MR) is 105 cm³/mol. The second-order valence-electron chi connectivity index (χ2n) is 5.60. The van der Waals surface area contributed by atoms with Crippen molar-refractivity contribution < 1.29 is 14.3 Å². The van der Waals surface area contributed by atoms with Crippen molar-refractivity contribution in [2.75, 3.05) is 19.5 Å². The number of hydrogen-bond acceptors (Lipinski definition) is 6. The lowest BCUT2D eigenvalue weighted by molar-refractivity contribution is -0.115. The van der Waals surface area contributed by atoms with E-state index in [4.69, 9.17) is 9.47 Å². The number of methoxy groups -OCH3 is 2. The molecule has 8 heteroatoms. The number of hydrogen-bond donors (Lipinski definition) is 1. The Morgan fingerprint density at radius 3 is 2.48 bits per heavy atom. The van der Waals surface area contributed by atoms with Gasteiger partial charge in [0.05, 0.1) is 30.8 Å². The van der Waals surface area contributed by atoms with Gasteiger partial charge in [-0.3, -0.25) is 9.36 Å². The van der Waals surface area contributed by atoms with E-state index in [0.717, 1.165) is 5.69 Å². The third kappa shape index (κ3) is 4.22. The minimum atomic E-state index is -0.396. The van der Waals surface area contributed by atoms with Crippen LogP contribution < -0.4 is 14.8 Å². The van der Waals surface area contributed by atoms with Crippen molar-refractivity contribution in [3.63, 3.8) is 0 Å². The average Bonchev–Trinajstić information content (AvgIpc) is 3.16. The molecule has 0 saturated carbocycles. The second kappa shape index (κ2) is 8.59. The minimum Gasteiger partial charge on any atom is -0.495 e. The number of ether oxygens (including phenoxy) is 2. The van der Waals surface area contributed by atoms with Crippen LogP contribution in [0, 0.1) is 0 Å². The zero-order valence-corrected chi connectivity index (χ0v) is 16.1. The Morgan fingerprint density at radius 1 is 1.07 bits per heavy atom. The van der Waals surface area contributed by atoms with Gasteiger partial charge in [0.1, 0.15) is 17.8 Å². The maximum atomic E-state index is 12.6. The largest absolute Gasteiger partial charge is 0.495 e. The SMILES string of the molecule is COc1ccccc1NC(=O)[C@@H](C)Sc1nncn1-c1ccccc1OC. The summed E-state index contributed by atoms with van der Waals surface area (Å²) in [6, 6.07) is 14.9. The first-order valence-electron chi connectivity index (χ1n) is 8.28. The molecule has 140 valence electrons. The lowest BCUT2D eigenvalue weighted by Crippen LogP contribution is -2.23. The molecular weight excluding hydrogens is 364 g/mol. The van der Waals surface area contributed by atoms with E-state index in [1.165, 1.54) is 11.8 Å². The molecule has 3 aromatic rings. The van der Waals surface area contributed by atoms with Crippen LogP contribution in [0.1, 0.15) is 6.92 Å². The summed E-state index contributed by atoms with van der Waals surface area (Å²) in [5.41, 5.74) is 1.44. The van der Waals surface area contributed by atoms with Gasteiger partial charge in [-0.1, -0.05) is 36.0 Å². The van der Waals surface area contributed by atoms with Crippen molar-refractivity contribution in [1.29, 1.82) is 0 Å². The molecule has 0 aliphatic carbocycles. The molecule has 0 radical (unpaired) electrons. The molecular formula is C19H20N4O3S. The molecule has 1 aromatic heterocycles. The van der Waals surface area contributed by atoms with E-state index in [0.29, 0.717) is 22.3 Å². The Morgan fingerprint density at radius 2 is 1.74 bits per heavy atom. The van der Waals surface area contributed by atoms with E-state index in [2.05, 4.69) is 15.5 Å². The molecule has 0 fully saturated rings. The standard InChI is InChI=1S/C19H20N4O3S/c1-13(18(24)21-14-8-4-6-10-16(14)25-2)27-19-22-20-12-23(19)15-9-5-7-11-17(15)26-3/h4-13H,1-3H3,(H,21,24)/t13-/m1/s1. The minimum absolute atomic E-state index is 0.154. The van der Waals surface area contributed by atoms with Gasteiger partial charge in [-0.2, -0.15) is 0 Å². The number of aromatic nitrogens is 3.